The first kappa shape index (κ1) is 11.8. The summed E-state index contributed by atoms with van der Waals surface area (Å²) in [5, 5.41) is 4.06. The topological polar surface area (TPSA) is 20.3 Å². The third-order valence-electron chi connectivity index (χ3n) is 2.48. The highest BCUT2D eigenvalue weighted by Crippen LogP contribution is 2.19. The SMILES string of the molecule is CN(Cc1ccsc1)c1cc(F)cc(C=O)c1. The molecule has 0 N–H and O–H groups in total. The van der Waals surface area contributed by atoms with Crippen LogP contribution in [0, 0.1) is 5.82 Å². The summed E-state index contributed by atoms with van der Waals surface area (Å²) in [6.07, 6.45) is 0.658. The molecule has 0 spiro atoms. The molecule has 0 aliphatic heterocycles. The van der Waals surface area contributed by atoms with E-state index < -0.39 is 0 Å². The third kappa shape index (κ3) is 2.91. The highest BCUT2D eigenvalue weighted by atomic mass is 32.1. The van der Waals surface area contributed by atoms with Crippen molar-refractivity contribution < 1.29 is 9.18 Å². The van der Waals surface area contributed by atoms with Gasteiger partial charge in [-0.3, -0.25) is 4.79 Å². The Morgan fingerprint density at radius 2 is 2.24 bits per heavy atom. The van der Waals surface area contributed by atoms with E-state index in [9.17, 15) is 9.18 Å². The number of carbonyl (C=O) groups excluding carboxylic acids is 1. The van der Waals surface area contributed by atoms with Gasteiger partial charge >= 0.3 is 0 Å². The van der Waals surface area contributed by atoms with E-state index in [0.29, 0.717) is 24.1 Å². The molecule has 0 aliphatic carbocycles. The summed E-state index contributed by atoms with van der Waals surface area (Å²) in [5.74, 6) is -0.387. The fourth-order valence-corrected chi connectivity index (χ4v) is 2.29. The van der Waals surface area contributed by atoms with E-state index in [-0.39, 0.29) is 5.82 Å². The number of thiophene rings is 1. The van der Waals surface area contributed by atoms with Gasteiger partial charge in [-0.1, -0.05) is 0 Å². The summed E-state index contributed by atoms with van der Waals surface area (Å²) in [7, 11) is 1.88. The summed E-state index contributed by atoms with van der Waals surface area (Å²) < 4.78 is 13.3. The number of aldehydes is 1. The van der Waals surface area contributed by atoms with Crippen LogP contribution < -0.4 is 4.90 Å². The van der Waals surface area contributed by atoms with E-state index in [1.54, 1.807) is 17.4 Å². The minimum Gasteiger partial charge on any atom is -0.370 e. The van der Waals surface area contributed by atoms with Crippen LogP contribution in [-0.4, -0.2) is 13.3 Å². The maximum atomic E-state index is 13.3. The molecular formula is C13H12FNOS. The van der Waals surface area contributed by atoms with Gasteiger partial charge in [-0.2, -0.15) is 11.3 Å². The molecule has 0 saturated heterocycles. The second-order valence-electron chi connectivity index (χ2n) is 3.85. The van der Waals surface area contributed by atoms with Crippen LogP contribution in [0.5, 0.6) is 0 Å². The highest BCUT2D eigenvalue weighted by molar-refractivity contribution is 7.07. The van der Waals surface area contributed by atoms with Crippen molar-refractivity contribution >= 4 is 23.3 Å². The fraction of sp³-hybridized carbons (Fsp3) is 0.154. The van der Waals surface area contributed by atoms with Crippen LogP contribution in [0.3, 0.4) is 0 Å². The molecule has 2 aromatic rings. The lowest BCUT2D eigenvalue weighted by Gasteiger charge is -2.19. The lowest BCUT2D eigenvalue weighted by atomic mass is 10.2. The molecule has 1 aromatic heterocycles. The first-order valence-electron chi connectivity index (χ1n) is 5.17. The number of halogens is 1. The molecule has 0 unspecified atom stereocenters. The van der Waals surface area contributed by atoms with Gasteiger partial charge in [-0.15, -0.1) is 0 Å². The molecular weight excluding hydrogens is 237 g/mol. The van der Waals surface area contributed by atoms with Crippen molar-refractivity contribution in [1.29, 1.82) is 0 Å². The van der Waals surface area contributed by atoms with Crippen LogP contribution in [0.4, 0.5) is 10.1 Å². The Morgan fingerprint density at radius 1 is 1.41 bits per heavy atom. The lowest BCUT2D eigenvalue weighted by molar-refractivity contribution is 0.112. The molecule has 17 heavy (non-hydrogen) atoms. The quantitative estimate of drug-likeness (QED) is 0.775. The average molecular weight is 249 g/mol. The Balaban J connectivity index is 2.21. The van der Waals surface area contributed by atoms with E-state index in [1.807, 2.05) is 23.4 Å². The molecule has 1 heterocycles. The molecule has 0 aliphatic rings. The minimum absolute atomic E-state index is 0.358. The van der Waals surface area contributed by atoms with Gasteiger partial charge in [0, 0.05) is 24.8 Å². The molecule has 0 saturated carbocycles. The van der Waals surface area contributed by atoms with E-state index in [2.05, 4.69) is 5.38 Å². The number of carbonyl (C=O) groups is 1. The van der Waals surface area contributed by atoms with E-state index in [1.165, 1.54) is 17.7 Å². The standard InChI is InChI=1S/C13H12FNOS/c1-15(7-10-2-3-17-9-10)13-5-11(8-16)4-12(14)6-13/h2-6,8-9H,7H2,1H3. The van der Waals surface area contributed by atoms with E-state index >= 15 is 0 Å². The number of hydrogen-bond donors (Lipinski definition) is 0. The number of hydrogen-bond acceptors (Lipinski definition) is 3. The Hall–Kier alpha value is -1.68. The molecule has 88 valence electrons. The second kappa shape index (κ2) is 5.10. The van der Waals surface area contributed by atoms with Gasteiger partial charge in [-0.05, 0) is 40.6 Å². The number of anilines is 1. The Bertz CT molecular complexity index is 510. The maximum absolute atomic E-state index is 13.3. The van der Waals surface area contributed by atoms with Crippen LogP contribution in [0.1, 0.15) is 15.9 Å². The molecule has 0 radical (unpaired) electrons. The first-order chi connectivity index (χ1) is 8.19. The van der Waals surface area contributed by atoms with Gasteiger partial charge in [0.1, 0.15) is 12.1 Å². The zero-order chi connectivity index (χ0) is 12.3. The molecule has 2 nitrogen and oxygen atoms in total. The first-order valence-corrected chi connectivity index (χ1v) is 6.11. The van der Waals surface area contributed by atoms with Crippen molar-refractivity contribution in [2.45, 2.75) is 6.54 Å². The third-order valence-corrected chi connectivity index (χ3v) is 3.21. The molecule has 1 aromatic carbocycles. The maximum Gasteiger partial charge on any atom is 0.150 e. The van der Waals surface area contributed by atoms with Gasteiger partial charge in [0.05, 0.1) is 0 Å². The van der Waals surface area contributed by atoms with Crippen molar-refractivity contribution in [3.05, 3.63) is 52.0 Å². The minimum atomic E-state index is -0.387. The number of benzene rings is 1. The summed E-state index contributed by atoms with van der Waals surface area (Å²) in [4.78, 5) is 12.6. The molecule has 0 amide bonds. The van der Waals surface area contributed by atoms with Gasteiger partial charge < -0.3 is 4.90 Å². The van der Waals surface area contributed by atoms with Crippen molar-refractivity contribution in [1.82, 2.24) is 0 Å². The molecule has 0 atom stereocenters. The van der Waals surface area contributed by atoms with Gasteiger partial charge in [0.15, 0.2) is 0 Å². The monoisotopic (exact) mass is 249 g/mol. The van der Waals surface area contributed by atoms with Gasteiger partial charge in [0.25, 0.3) is 0 Å². The molecule has 2 rings (SSSR count). The van der Waals surface area contributed by atoms with Crippen molar-refractivity contribution in [3.8, 4) is 0 Å². The van der Waals surface area contributed by atoms with Crippen LogP contribution in [0.2, 0.25) is 0 Å². The Morgan fingerprint density at radius 3 is 2.88 bits per heavy atom. The Labute approximate surface area is 103 Å². The van der Waals surface area contributed by atoms with Crippen LogP contribution in [0.15, 0.2) is 35.0 Å². The van der Waals surface area contributed by atoms with Crippen LogP contribution >= 0.6 is 11.3 Å². The normalized spacial score (nSPS) is 10.2. The van der Waals surface area contributed by atoms with Crippen LogP contribution in [-0.2, 0) is 6.54 Å². The average Bonchev–Trinajstić information content (AvgIpc) is 2.81. The van der Waals surface area contributed by atoms with Crippen LogP contribution in [0.25, 0.3) is 0 Å². The molecule has 0 fully saturated rings. The summed E-state index contributed by atoms with van der Waals surface area (Å²) in [6.45, 7) is 0.700. The van der Waals surface area contributed by atoms with E-state index in [4.69, 9.17) is 0 Å². The second-order valence-corrected chi connectivity index (χ2v) is 4.63. The lowest BCUT2D eigenvalue weighted by Crippen LogP contribution is -2.16. The summed E-state index contributed by atoms with van der Waals surface area (Å²) in [6, 6.07) is 6.37. The smallest absolute Gasteiger partial charge is 0.150 e. The van der Waals surface area contributed by atoms with E-state index in [0.717, 1.165) is 0 Å². The van der Waals surface area contributed by atoms with Gasteiger partial charge in [-0.25, -0.2) is 4.39 Å². The van der Waals surface area contributed by atoms with Crippen molar-refractivity contribution in [3.63, 3.8) is 0 Å². The summed E-state index contributed by atoms with van der Waals surface area (Å²) >= 11 is 1.63. The summed E-state index contributed by atoms with van der Waals surface area (Å²) in [5.41, 5.74) is 2.24. The largest absolute Gasteiger partial charge is 0.370 e. The predicted molar refractivity (Wildman–Crippen MR) is 68.2 cm³/mol. The van der Waals surface area contributed by atoms with Crippen molar-refractivity contribution in [2.75, 3.05) is 11.9 Å². The molecule has 4 heteroatoms. The Kier molecular flexibility index (Phi) is 3.54. The zero-order valence-electron chi connectivity index (χ0n) is 9.39. The number of rotatable bonds is 4. The van der Waals surface area contributed by atoms with Gasteiger partial charge in [0.2, 0.25) is 0 Å². The number of nitrogens with zero attached hydrogens (tertiary/aromatic N) is 1. The molecule has 0 bridgehead atoms. The highest BCUT2D eigenvalue weighted by Gasteiger charge is 2.06. The van der Waals surface area contributed by atoms with Crippen molar-refractivity contribution in [2.24, 2.45) is 0 Å². The zero-order valence-corrected chi connectivity index (χ0v) is 10.2. The fourth-order valence-electron chi connectivity index (χ4n) is 1.63. The predicted octanol–water partition coefficient (Wildman–Crippen LogP) is 3.34.